The Morgan fingerprint density at radius 1 is 0.840 bits per heavy atom. The van der Waals surface area contributed by atoms with Crippen molar-refractivity contribution in [3.8, 4) is 22.6 Å². The fourth-order valence-corrected chi connectivity index (χ4v) is 6.04. The molecular formula is C43H49IrN2O4-. The maximum absolute atomic E-state index is 12.2. The van der Waals surface area contributed by atoms with Crippen LogP contribution < -0.4 is 0 Å². The standard InChI is InChI=1S/C28H21N2O2.C15H28O2.Ir/c1-28(2,3)22-15-18(14-17-6-4-5-7-19(17)22)26-21-16-25(32-24(21)9-12-30-26)20-8-11-29-23-10-13-31-27(20)23;1-7-14(5,8-2)12(16)11-13(17)15(6,9-3)10-4;/h4-13,15-16H,1-3H3;11,16H,7-10H2,1-6H3;/q-1;;/b;12-11-;. The Morgan fingerprint density at radius 2 is 1.50 bits per heavy atom. The van der Waals surface area contributed by atoms with Crippen LogP contribution in [0.25, 0.3) is 55.4 Å². The Labute approximate surface area is 309 Å². The number of aliphatic hydroxyl groups is 1. The molecular weight excluding hydrogens is 801 g/mol. The molecule has 265 valence electrons. The molecule has 4 aromatic heterocycles. The SMILES string of the molecule is CC(C)(C)c1cc(-c2nccc3oc(-c4ccnc5ccoc45)cc23)[c-]c2ccccc12.CCC(C)(CC)C(=O)/C=C(\O)C(C)(CC)CC.[Ir]. The van der Waals surface area contributed by atoms with Gasteiger partial charge in [-0.15, -0.1) is 29.1 Å². The number of ketones is 1. The van der Waals surface area contributed by atoms with Gasteiger partial charge in [0.25, 0.3) is 0 Å². The molecule has 0 aliphatic carbocycles. The summed E-state index contributed by atoms with van der Waals surface area (Å²) in [7, 11) is 0. The molecule has 6 nitrogen and oxygen atoms in total. The predicted molar refractivity (Wildman–Crippen MR) is 201 cm³/mol. The third-order valence-electron chi connectivity index (χ3n) is 10.5. The number of allylic oxidation sites excluding steroid dienone is 2. The zero-order valence-electron chi connectivity index (χ0n) is 30.7. The van der Waals surface area contributed by atoms with Gasteiger partial charge in [-0.25, -0.2) is 0 Å². The quantitative estimate of drug-likeness (QED) is 0.0885. The maximum atomic E-state index is 12.2. The van der Waals surface area contributed by atoms with Gasteiger partial charge in [0, 0.05) is 66.6 Å². The summed E-state index contributed by atoms with van der Waals surface area (Å²) < 4.78 is 11.9. The van der Waals surface area contributed by atoms with Crippen molar-refractivity contribution in [3.05, 3.63) is 96.7 Å². The summed E-state index contributed by atoms with van der Waals surface area (Å²) in [6.07, 6.45) is 9.96. The number of furan rings is 2. The van der Waals surface area contributed by atoms with Crippen molar-refractivity contribution < 1.29 is 38.8 Å². The molecule has 0 aliphatic heterocycles. The third kappa shape index (κ3) is 7.65. The summed E-state index contributed by atoms with van der Waals surface area (Å²) >= 11 is 0. The molecule has 7 heteroatoms. The topological polar surface area (TPSA) is 89.4 Å². The molecule has 6 rings (SSSR count). The predicted octanol–water partition coefficient (Wildman–Crippen LogP) is 12.2. The number of carbonyl (C=O) groups excluding carboxylic acids is 1. The summed E-state index contributed by atoms with van der Waals surface area (Å²) in [5, 5.41) is 13.4. The van der Waals surface area contributed by atoms with Gasteiger partial charge in [-0.2, -0.15) is 0 Å². The van der Waals surface area contributed by atoms with E-state index in [0.717, 1.165) is 70.1 Å². The molecule has 0 unspecified atom stereocenters. The van der Waals surface area contributed by atoms with Crippen LogP contribution in [0.5, 0.6) is 0 Å². The summed E-state index contributed by atoms with van der Waals surface area (Å²) in [6, 6.07) is 21.9. The van der Waals surface area contributed by atoms with E-state index in [0.29, 0.717) is 5.58 Å². The van der Waals surface area contributed by atoms with E-state index in [1.807, 2.05) is 65.8 Å². The zero-order chi connectivity index (χ0) is 35.6. The van der Waals surface area contributed by atoms with Gasteiger partial charge in [-0.1, -0.05) is 91.5 Å². The Kier molecular flexibility index (Phi) is 12.0. The molecule has 0 saturated carbocycles. The maximum Gasteiger partial charge on any atom is 0.164 e. The van der Waals surface area contributed by atoms with E-state index in [1.54, 1.807) is 18.7 Å². The number of carbonyl (C=O) groups is 1. The molecule has 0 atom stereocenters. The van der Waals surface area contributed by atoms with Crippen molar-refractivity contribution in [3.63, 3.8) is 0 Å². The van der Waals surface area contributed by atoms with Gasteiger partial charge in [-0.05, 0) is 49.3 Å². The molecule has 0 amide bonds. The van der Waals surface area contributed by atoms with Crippen molar-refractivity contribution in [2.75, 3.05) is 0 Å². The smallest absolute Gasteiger partial charge is 0.164 e. The number of aromatic nitrogens is 2. The Morgan fingerprint density at radius 3 is 2.16 bits per heavy atom. The third-order valence-corrected chi connectivity index (χ3v) is 10.5. The summed E-state index contributed by atoms with van der Waals surface area (Å²) in [5.41, 5.74) is 5.65. The van der Waals surface area contributed by atoms with E-state index < -0.39 is 0 Å². The first-order chi connectivity index (χ1) is 23.3. The van der Waals surface area contributed by atoms with Gasteiger partial charge in [0.15, 0.2) is 11.4 Å². The zero-order valence-corrected chi connectivity index (χ0v) is 33.1. The van der Waals surface area contributed by atoms with Gasteiger partial charge in [-0.3, -0.25) is 14.8 Å². The summed E-state index contributed by atoms with van der Waals surface area (Å²) in [4.78, 5) is 21.3. The first kappa shape index (κ1) is 38.7. The fourth-order valence-electron chi connectivity index (χ4n) is 6.04. The van der Waals surface area contributed by atoms with E-state index in [2.05, 4.69) is 62.2 Å². The summed E-state index contributed by atoms with van der Waals surface area (Å²) in [5.74, 6) is 1.02. The molecule has 0 aliphatic rings. The van der Waals surface area contributed by atoms with Gasteiger partial charge in [0.05, 0.1) is 11.8 Å². The second-order valence-electron chi connectivity index (χ2n) is 14.5. The van der Waals surface area contributed by atoms with Crippen LogP contribution in [0.3, 0.4) is 0 Å². The average molecular weight is 850 g/mol. The fraction of sp³-hybridized carbons (Fsp3) is 0.372. The normalized spacial score (nSPS) is 12.5. The van der Waals surface area contributed by atoms with Crippen LogP contribution in [0, 0.1) is 16.9 Å². The van der Waals surface area contributed by atoms with E-state index in [-0.39, 0.29) is 47.9 Å². The number of nitrogens with zero attached hydrogens (tertiary/aromatic N) is 2. The van der Waals surface area contributed by atoms with Crippen molar-refractivity contribution in [2.45, 2.75) is 93.4 Å². The minimum absolute atomic E-state index is 0. The molecule has 0 saturated heterocycles. The Balaban J connectivity index is 0.000000269. The number of rotatable bonds is 9. The van der Waals surface area contributed by atoms with Crippen molar-refractivity contribution in [1.29, 1.82) is 0 Å². The van der Waals surface area contributed by atoms with Gasteiger partial charge in [0.2, 0.25) is 0 Å². The van der Waals surface area contributed by atoms with E-state index in [9.17, 15) is 9.90 Å². The number of pyridine rings is 2. The minimum Gasteiger partial charge on any atom is -0.512 e. The van der Waals surface area contributed by atoms with E-state index in [1.165, 1.54) is 17.0 Å². The Hall–Kier alpha value is -4.06. The second-order valence-corrected chi connectivity index (χ2v) is 14.5. The minimum atomic E-state index is -0.337. The second kappa shape index (κ2) is 15.4. The Bertz CT molecular complexity index is 2120. The van der Waals surface area contributed by atoms with Crippen LogP contribution in [-0.4, -0.2) is 20.9 Å². The van der Waals surface area contributed by atoms with E-state index in [4.69, 9.17) is 13.8 Å². The van der Waals surface area contributed by atoms with Gasteiger partial charge >= 0.3 is 0 Å². The number of fused-ring (bicyclic) bond motifs is 3. The molecule has 0 fully saturated rings. The van der Waals surface area contributed by atoms with Gasteiger partial charge in [0.1, 0.15) is 22.6 Å². The van der Waals surface area contributed by atoms with Crippen LogP contribution in [0.15, 0.2) is 93.9 Å². The van der Waals surface area contributed by atoms with Crippen LogP contribution in [0.2, 0.25) is 0 Å². The van der Waals surface area contributed by atoms with Crippen molar-refractivity contribution in [2.24, 2.45) is 10.8 Å². The molecule has 4 heterocycles. The van der Waals surface area contributed by atoms with E-state index >= 15 is 0 Å². The first-order valence-electron chi connectivity index (χ1n) is 17.4. The largest absolute Gasteiger partial charge is 0.512 e. The number of aliphatic hydroxyl groups excluding tert-OH is 1. The van der Waals surface area contributed by atoms with Crippen LogP contribution >= 0.6 is 0 Å². The van der Waals surface area contributed by atoms with Crippen LogP contribution in [0.4, 0.5) is 0 Å². The van der Waals surface area contributed by atoms with Crippen molar-refractivity contribution in [1.82, 2.24) is 9.97 Å². The molecule has 0 spiro atoms. The molecule has 6 aromatic rings. The monoisotopic (exact) mass is 850 g/mol. The first-order valence-corrected chi connectivity index (χ1v) is 17.4. The summed E-state index contributed by atoms with van der Waals surface area (Å²) in [6.45, 7) is 18.8. The number of hydrogen-bond donors (Lipinski definition) is 1. The van der Waals surface area contributed by atoms with Gasteiger partial charge < -0.3 is 13.9 Å². The van der Waals surface area contributed by atoms with Crippen LogP contribution in [-0.2, 0) is 30.3 Å². The number of hydrogen-bond acceptors (Lipinski definition) is 6. The molecule has 50 heavy (non-hydrogen) atoms. The molecule has 0 bridgehead atoms. The number of benzene rings is 2. The average Bonchev–Trinajstić information content (AvgIpc) is 3.78. The van der Waals surface area contributed by atoms with Crippen LogP contribution in [0.1, 0.15) is 93.6 Å². The molecule has 1 radical (unpaired) electrons. The molecule has 2 aromatic carbocycles. The van der Waals surface area contributed by atoms with Crippen molar-refractivity contribution >= 4 is 38.6 Å². The molecule has 1 N–H and O–H groups in total.